The Morgan fingerprint density at radius 2 is 2.07 bits per heavy atom. The van der Waals surface area contributed by atoms with Gasteiger partial charge in [-0.25, -0.2) is 13.8 Å². The van der Waals surface area contributed by atoms with Crippen LogP contribution in [0.5, 0.6) is 5.75 Å². The zero-order valence-electron chi connectivity index (χ0n) is 14.8. The summed E-state index contributed by atoms with van der Waals surface area (Å²) in [5, 5.41) is 11.9. The first-order valence-corrected chi connectivity index (χ1v) is 9.11. The van der Waals surface area contributed by atoms with Gasteiger partial charge in [-0.2, -0.15) is 0 Å². The molecule has 4 aromatic rings. The number of nitrogens with one attached hydrogen (secondary N) is 1. The van der Waals surface area contributed by atoms with Gasteiger partial charge in [0.1, 0.15) is 35.1 Å². The van der Waals surface area contributed by atoms with E-state index in [1.54, 1.807) is 12.1 Å². The lowest BCUT2D eigenvalue weighted by molar-refractivity contribution is 0.0740. The van der Waals surface area contributed by atoms with Gasteiger partial charge in [0.25, 0.3) is 0 Å². The third-order valence-electron chi connectivity index (χ3n) is 4.89. The monoisotopic (exact) mass is 381 g/mol. The van der Waals surface area contributed by atoms with E-state index in [0.29, 0.717) is 41.0 Å². The van der Waals surface area contributed by atoms with Crippen LogP contribution < -0.4 is 10.1 Å². The number of hydrogen-bond acceptors (Lipinski definition) is 5. The van der Waals surface area contributed by atoms with Gasteiger partial charge in [0.2, 0.25) is 0 Å². The smallest absolute Gasteiger partial charge is 0.187 e. The van der Waals surface area contributed by atoms with Crippen LogP contribution >= 0.6 is 0 Å². The molecule has 3 aromatic heterocycles. The normalized spacial score (nSPS) is 19.9. The number of pyridine rings is 2. The largest absolute Gasteiger partial charge is 0.485 e. The van der Waals surface area contributed by atoms with E-state index in [-0.39, 0.29) is 12.3 Å². The molecule has 1 aliphatic rings. The van der Waals surface area contributed by atoms with Crippen LogP contribution in [0.3, 0.4) is 0 Å². The van der Waals surface area contributed by atoms with Crippen LogP contribution in [-0.2, 0) is 0 Å². The molecule has 142 valence electrons. The van der Waals surface area contributed by atoms with E-state index < -0.39 is 18.1 Å². The van der Waals surface area contributed by atoms with Crippen LogP contribution in [0.25, 0.3) is 28.1 Å². The van der Waals surface area contributed by atoms with Crippen molar-refractivity contribution >= 4 is 16.6 Å². The number of fused-ring (bicyclic) bond motifs is 2. The third-order valence-corrected chi connectivity index (χ3v) is 4.89. The summed E-state index contributed by atoms with van der Waals surface area (Å²) in [5.74, 6) is 0.354. The van der Waals surface area contributed by atoms with Gasteiger partial charge in [0, 0.05) is 24.2 Å². The molecule has 2 unspecified atom stereocenters. The highest BCUT2D eigenvalue weighted by Crippen LogP contribution is 2.30. The van der Waals surface area contributed by atoms with Gasteiger partial charge in [-0.3, -0.25) is 4.40 Å². The van der Waals surface area contributed by atoms with E-state index in [0.717, 1.165) is 0 Å². The highest BCUT2D eigenvalue weighted by molar-refractivity contribution is 5.86. The number of hydrogen-bond donors (Lipinski definition) is 1. The lowest BCUT2D eigenvalue weighted by Gasteiger charge is -2.27. The fourth-order valence-corrected chi connectivity index (χ4v) is 3.49. The summed E-state index contributed by atoms with van der Waals surface area (Å²) < 4.78 is 36.0. The minimum absolute atomic E-state index is 0.225. The van der Waals surface area contributed by atoms with Crippen molar-refractivity contribution in [3.63, 3.8) is 0 Å². The number of aromatic nitrogens is 4. The van der Waals surface area contributed by atoms with Gasteiger partial charge in [-0.1, -0.05) is 12.1 Å². The first-order chi connectivity index (χ1) is 13.7. The summed E-state index contributed by atoms with van der Waals surface area (Å²) in [6, 6.07) is 11.8. The van der Waals surface area contributed by atoms with E-state index in [2.05, 4.69) is 20.5 Å². The summed E-state index contributed by atoms with van der Waals surface area (Å²) in [4.78, 5) is 4.65. The maximum Gasteiger partial charge on any atom is 0.187 e. The lowest BCUT2D eigenvalue weighted by Crippen LogP contribution is -2.44. The highest BCUT2D eigenvalue weighted by Gasteiger charge is 2.27. The molecule has 1 saturated heterocycles. The van der Waals surface area contributed by atoms with Crippen LogP contribution in [0.1, 0.15) is 6.42 Å². The summed E-state index contributed by atoms with van der Waals surface area (Å²) in [7, 11) is 0. The summed E-state index contributed by atoms with van der Waals surface area (Å²) in [5.41, 5.74) is 1.74. The van der Waals surface area contributed by atoms with Crippen molar-refractivity contribution in [3.05, 3.63) is 54.5 Å². The minimum atomic E-state index is -1.16. The Morgan fingerprint density at radius 3 is 2.96 bits per heavy atom. The number of halogens is 2. The van der Waals surface area contributed by atoms with Crippen LogP contribution in [0, 0.1) is 5.82 Å². The number of rotatable bonds is 3. The Hall–Kier alpha value is -3.13. The minimum Gasteiger partial charge on any atom is -0.485 e. The molecule has 1 aromatic carbocycles. The molecule has 0 radical (unpaired) electrons. The second-order valence-corrected chi connectivity index (χ2v) is 6.79. The Bertz CT molecular complexity index is 1160. The first-order valence-electron chi connectivity index (χ1n) is 9.11. The van der Waals surface area contributed by atoms with Gasteiger partial charge in [0.05, 0.1) is 0 Å². The van der Waals surface area contributed by atoms with Crippen LogP contribution in [-0.4, -0.2) is 44.9 Å². The standard InChI is InChI=1S/C20H17F2N5O/c21-13-9-12-4-5-15(20-26-25-18-3-1-2-8-27(18)20)24-19(12)17(10-13)28-16-6-7-23-11-14(16)22/h1-5,8-10,14,16,23H,6-7,11H2. The molecule has 5 rings (SSSR count). The first kappa shape index (κ1) is 17.0. The van der Waals surface area contributed by atoms with Crippen molar-refractivity contribution < 1.29 is 13.5 Å². The third kappa shape index (κ3) is 2.95. The van der Waals surface area contributed by atoms with E-state index in [9.17, 15) is 8.78 Å². The number of piperidine rings is 1. The van der Waals surface area contributed by atoms with Crippen molar-refractivity contribution in [2.24, 2.45) is 0 Å². The molecule has 28 heavy (non-hydrogen) atoms. The molecule has 0 amide bonds. The van der Waals surface area contributed by atoms with Gasteiger partial charge >= 0.3 is 0 Å². The molecular weight excluding hydrogens is 364 g/mol. The van der Waals surface area contributed by atoms with Gasteiger partial charge in [-0.15, -0.1) is 10.2 Å². The van der Waals surface area contributed by atoms with Crippen molar-refractivity contribution in [2.75, 3.05) is 13.1 Å². The van der Waals surface area contributed by atoms with Crippen molar-refractivity contribution in [3.8, 4) is 17.3 Å². The van der Waals surface area contributed by atoms with Gasteiger partial charge < -0.3 is 10.1 Å². The molecule has 0 bridgehead atoms. The number of ether oxygens (including phenoxy) is 1. The topological polar surface area (TPSA) is 64.3 Å². The fourth-order valence-electron chi connectivity index (χ4n) is 3.49. The van der Waals surface area contributed by atoms with E-state index in [1.807, 2.05) is 28.8 Å². The van der Waals surface area contributed by atoms with Crippen molar-refractivity contribution in [2.45, 2.75) is 18.7 Å². The molecule has 0 saturated carbocycles. The maximum atomic E-state index is 14.2. The van der Waals surface area contributed by atoms with Crippen LogP contribution in [0.4, 0.5) is 8.78 Å². The number of nitrogens with zero attached hydrogens (tertiary/aromatic N) is 4. The Morgan fingerprint density at radius 1 is 1.14 bits per heavy atom. The van der Waals surface area contributed by atoms with Crippen LogP contribution in [0.15, 0.2) is 48.7 Å². The number of benzene rings is 1. The van der Waals surface area contributed by atoms with Gasteiger partial charge in [-0.05, 0) is 37.2 Å². The Kier molecular flexibility index (Phi) is 4.12. The molecule has 1 fully saturated rings. The zero-order valence-corrected chi connectivity index (χ0v) is 14.8. The second-order valence-electron chi connectivity index (χ2n) is 6.79. The second kappa shape index (κ2) is 6.79. The van der Waals surface area contributed by atoms with Crippen molar-refractivity contribution in [1.29, 1.82) is 0 Å². The molecule has 6 nitrogen and oxygen atoms in total. The molecule has 1 N–H and O–H groups in total. The summed E-state index contributed by atoms with van der Waals surface area (Å²) in [6.07, 6.45) is 0.566. The predicted octanol–water partition coefficient (Wildman–Crippen LogP) is 3.16. The fraction of sp³-hybridized carbons (Fsp3) is 0.250. The average Bonchev–Trinajstić information content (AvgIpc) is 3.13. The zero-order chi connectivity index (χ0) is 19.1. The Balaban J connectivity index is 1.61. The molecule has 0 aliphatic carbocycles. The quantitative estimate of drug-likeness (QED) is 0.591. The molecule has 2 atom stereocenters. The van der Waals surface area contributed by atoms with Crippen molar-refractivity contribution in [1.82, 2.24) is 24.9 Å². The summed E-state index contributed by atoms with van der Waals surface area (Å²) >= 11 is 0. The molecule has 4 heterocycles. The van der Waals surface area contributed by atoms with E-state index in [4.69, 9.17) is 4.74 Å². The van der Waals surface area contributed by atoms with E-state index >= 15 is 0 Å². The van der Waals surface area contributed by atoms with Crippen LogP contribution in [0.2, 0.25) is 0 Å². The molecule has 1 aliphatic heterocycles. The molecule has 0 spiro atoms. The highest BCUT2D eigenvalue weighted by atomic mass is 19.1. The molecular formula is C20H17F2N5O. The SMILES string of the molecule is Fc1cc(OC2CCNCC2F)c2nc(-c3nnc4ccccn34)ccc2c1. The van der Waals surface area contributed by atoms with E-state index in [1.165, 1.54) is 12.1 Å². The summed E-state index contributed by atoms with van der Waals surface area (Å²) in [6.45, 7) is 0.880. The Labute approximate surface area is 159 Å². The predicted molar refractivity (Wildman–Crippen MR) is 100 cm³/mol. The number of alkyl halides is 1. The van der Waals surface area contributed by atoms with Gasteiger partial charge in [0.15, 0.2) is 11.5 Å². The molecule has 8 heteroatoms. The lowest BCUT2D eigenvalue weighted by atomic mass is 10.1. The average molecular weight is 381 g/mol. The maximum absolute atomic E-state index is 14.2.